The van der Waals surface area contributed by atoms with Crippen LogP contribution >= 0.6 is 0 Å². The molecule has 0 spiro atoms. The molecule has 2 atom stereocenters. The van der Waals surface area contributed by atoms with Crippen LogP contribution in [-0.4, -0.2) is 47.0 Å². The molecule has 0 aliphatic carbocycles. The highest BCUT2D eigenvalue weighted by Gasteiger charge is 2.56. The summed E-state index contributed by atoms with van der Waals surface area (Å²) >= 11 is 0. The number of amides is 5. The fourth-order valence-corrected chi connectivity index (χ4v) is 5.83. The summed E-state index contributed by atoms with van der Waals surface area (Å²) in [7, 11) is 0. The van der Waals surface area contributed by atoms with Gasteiger partial charge in [-0.3, -0.25) is 19.4 Å². The van der Waals surface area contributed by atoms with Crippen LogP contribution in [0.5, 0.6) is 0 Å². The number of nitrogens with one attached hydrogen (secondary N) is 1. The van der Waals surface area contributed by atoms with Crippen molar-refractivity contribution in [2.75, 3.05) is 16.3 Å². The van der Waals surface area contributed by atoms with Crippen LogP contribution in [0.2, 0.25) is 0 Å². The molecule has 1 aliphatic rings. The molecule has 9 nitrogen and oxygen atoms in total. The minimum atomic E-state index is -1.65. The zero-order chi connectivity index (χ0) is 35.2. The second-order valence-corrected chi connectivity index (χ2v) is 13.2. The normalized spacial score (nSPS) is 17.4. The second-order valence-electron chi connectivity index (χ2n) is 13.2. The molecule has 0 radical (unpaired) electrons. The highest BCUT2D eigenvalue weighted by atomic mass is 16.5. The molecule has 2 unspecified atom stereocenters. The number of ether oxygens (including phenoxy) is 1. The molecule has 0 saturated carbocycles. The van der Waals surface area contributed by atoms with Gasteiger partial charge in [-0.2, -0.15) is 0 Å². The molecule has 1 heterocycles. The van der Waals surface area contributed by atoms with Crippen molar-refractivity contribution in [3.63, 3.8) is 0 Å². The van der Waals surface area contributed by atoms with Crippen molar-refractivity contribution >= 4 is 41.4 Å². The highest BCUT2D eigenvalue weighted by Crippen LogP contribution is 2.44. The van der Waals surface area contributed by atoms with Gasteiger partial charge in [-0.25, -0.2) is 14.5 Å². The quantitative estimate of drug-likeness (QED) is 0.177. The molecule has 1 fully saturated rings. The number of carbonyl (C=O) groups is 4. The molecule has 1 aliphatic heterocycles. The van der Waals surface area contributed by atoms with E-state index >= 15 is 0 Å². The average molecular weight is 659 g/mol. The first kappa shape index (κ1) is 34.6. The number of esters is 1. The highest BCUT2D eigenvalue weighted by molar-refractivity contribution is 6.22. The van der Waals surface area contributed by atoms with E-state index in [1.54, 1.807) is 62.4 Å². The summed E-state index contributed by atoms with van der Waals surface area (Å²) in [5.41, 5.74) is -0.0217. The first-order chi connectivity index (χ1) is 23.4. The van der Waals surface area contributed by atoms with Crippen LogP contribution in [0.4, 0.5) is 21.0 Å². The summed E-state index contributed by atoms with van der Waals surface area (Å²) in [6, 6.07) is 34.9. The van der Waals surface area contributed by atoms with E-state index in [2.05, 4.69) is 5.32 Å². The smallest absolute Gasteiger partial charge is 0.339 e. The predicted molar refractivity (Wildman–Crippen MR) is 192 cm³/mol. The Morgan fingerprint density at radius 3 is 1.80 bits per heavy atom. The topological polar surface area (TPSA) is 99.3 Å². The maximum absolute atomic E-state index is 14.9. The van der Waals surface area contributed by atoms with Gasteiger partial charge in [0.1, 0.15) is 6.54 Å². The first-order valence-corrected chi connectivity index (χ1v) is 16.3. The Morgan fingerprint density at radius 2 is 1.27 bits per heavy atom. The van der Waals surface area contributed by atoms with E-state index < -0.39 is 47.8 Å². The van der Waals surface area contributed by atoms with Crippen molar-refractivity contribution < 1.29 is 23.9 Å². The Hall–Kier alpha value is -5.70. The monoisotopic (exact) mass is 658 g/mol. The van der Waals surface area contributed by atoms with Gasteiger partial charge in [0, 0.05) is 16.8 Å². The van der Waals surface area contributed by atoms with Crippen LogP contribution in [0.25, 0.3) is 6.08 Å². The van der Waals surface area contributed by atoms with Gasteiger partial charge in [0.05, 0.1) is 5.69 Å². The Kier molecular flexibility index (Phi) is 10.3. The molecule has 5 amide bonds. The van der Waals surface area contributed by atoms with Gasteiger partial charge in [-0.05, 0) is 62.6 Å². The lowest BCUT2D eigenvalue weighted by Gasteiger charge is -2.54. The lowest BCUT2D eigenvalue weighted by molar-refractivity contribution is -0.160. The Labute approximate surface area is 287 Å². The lowest BCUT2D eigenvalue weighted by atomic mass is 9.91. The summed E-state index contributed by atoms with van der Waals surface area (Å²) in [4.78, 5) is 61.0. The number of rotatable bonds is 10. The molecule has 1 N–H and O–H groups in total. The summed E-state index contributed by atoms with van der Waals surface area (Å²) < 4.78 is 5.88. The Bertz CT molecular complexity index is 1790. The third kappa shape index (κ3) is 7.56. The van der Waals surface area contributed by atoms with E-state index in [-0.39, 0.29) is 5.92 Å². The molecule has 5 rings (SSSR count). The SMILES string of the molecule is CC(C)C(OC(=O)CN1C(=O)N(c2ccccc2)C(=O)N(c2ccccc2)C1(/C=C/c1ccccc1)c1ccccc1)C(=O)NC(C)(C)C. The van der Waals surface area contributed by atoms with Gasteiger partial charge in [0.2, 0.25) is 0 Å². The number of imide groups is 1. The first-order valence-electron chi connectivity index (χ1n) is 16.3. The molecule has 4 aromatic carbocycles. The van der Waals surface area contributed by atoms with Crippen molar-refractivity contribution in [2.24, 2.45) is 5.92 Å². The lowest BCUT2D eigenvalue weighted by Crippen LogP contribution is -2.72. The molecule has 9 heteroatoms. The summed E-state index contributed by atoms with van der Waals surface area (Å²) in [5, 5.41) is 2.89. The van der Waals surface area contributed by atoms with Gasteiger partial charge < -0.3 is 10.1 Å². The van der Waals surface area contributed by atoms with E-state index in [0.717, 1.165) is 10.5 Å². The maximum Gasteiger partial charge on any atom is 0.339 e. The number of urea groups is 2. The zero-order valence-corrected chi connectivity index (χ0v) is 28.4. The number of carbonyl (C=O) groups excluding carboxylic acids is 4. The third-order valence-electron chi connectivity index (χ3n) is 8.00. The van der Waals surface area contributed by atoms with Gasteiger partial charge in [-0.15, -0.1) is 0 Å². The van der Waals surface area contributed by atoms with Gasteiger partial charge in [-0.1, -0.05) is 117 Å². The molecular formula is C40H42N4O5. The molecular weight excluding hydrogens is 616 g/mol. The summed E-state index contributed by atoms with van der Waals surface area (Å²) in [5.74, 6) is -1.60. The zero-order valence-electron chi connectivity index (χ0n) is 28.4. The number of hydrogen-bond donors (Lipinski definition) is 1. The van der Waals surface area contributed by atoms with Gasteiger partial charge in [0.25, 0.3) is 5.91 Å². The van der Waals surface area contributed by atoms with E-state index in [0.29, 0.717) is 16.9 Å². The predicted octanol–water partition coefficient (Wildman–Crippen LogP) is 7.60. The largest absolute Gasteiger partial charge is 0.451 e. The van der Waals surface area contributed by atoms with Crippen LogP contribution < -0.4 is 15.1 Å². The van der Waals surface area contributed by atoms with Gasteiger partial charge in [0.15, 0.2) is 11.8 Å². The molecule has 0 aromatic heterocycles. The van der Waals surface area contributed by atoms with Crippen molar-refractivity contribution in [3.05, 3.63) is 139 Å². The number of anilines is 2. The van der Waals surface area contributed by atoms with Crippen molar-refractivity contribution in [3.8, 4) is 0 Å². The number of benzene rings is 4. The molecule has 1 saturated heterocycles. The average Bonchev–Trinajstić information content (AvgIpc) is 3.08. The summed E-state index contributed by atoms with van der Waals surface area (Å²) in [6.07, 6.45) is 2.48. The van der Waals surface area contributed by atoms with Crippen LogP contribution in [-0.2, 0) is 20.0 Å². The molecule has 0 bridgehead atoms. The number of para-hydroxylation sites is 2. The van der Waals surface area contributed by atoms with Crippen molar-refractivity contribution in [1.82, 2.24) is 10.2 Å². The van der Waals surface area contributed by atoms with Crippen molar-refractivity contribution in [1.29, 1.82) is 0 Å². The molecule has 252 valence electrons. The Morgan fingerprint density at radius 1 is 0.755 bits per heavy atom. The number of hydrogen-bond acceptors (Lipinski definition) is 5. The van der Waals surface area contributed by atoms with E-state index in [9.17, 15) is 19.2 Å². The van der Waals surface area contributed by atoms with E-state index in [1.807, 2.05) is 106 Å². The third-order valence-corrected chi connectivity index (χ3v) is 8.00. The van der Waals surface area contributed by atoms with E-state index in [4.69, 9.17) is 4.74 Å². The van der Waals surface area contributed by atoms with Crippen LogP contribution in [0.3, 0.4) is 0 Å². The second kappa shape index (κ2) is 14.6. The minimum absolute atomic E-state index is 0.329. The van der Waals surface area contributed by atoms with Crippen LogP contribution in [0.1, 0.15) is 45.7 Å². The maximum atomic E-state index is 14.9. The Balaban J connectivity index is 1.73. The van der Waals surface area contributed by atoms with Gasteiger partial charge >= 0.3 is 18.0 Å². The number of nitrogens with zero attached hydrogens (tertiary/aromatic N) is 3. The van der Waals surface area contributed by atoms with Crippen LogP contribution in [0, 0.1) is 5.92 Å². The van der Waals surface area contributed by atoms with E-state index in [1.165, 1.54) is 9.80 Å². The minimum Gasteiger partial charge on any atom is -0.451 e. The fraction of sp³-hybridized carbons (Fsp3) is 0.250. The standard InChI is InChI=1S/C40H42N4O5/c1-29(2)35(36(46)41-39(3,4)5)49-34(45)28-42-37(47)43(32-22-14-8-15-23-32)38(48)44(33-24-16-9-17-25-33)40(42,31-20-12-7-13-21-31)27-26-30-18-10-6-11-19-30/h6-27,29,35H,28H2,1-5H3,(H,41,46)/b27-26+. The summed E-state index contributed by atoms with van der Waals surface area (Å²) in [6.45, 7) is 8.52. The van der Waals surface area contributed by atoms with Crippen LogP contribution in [0.15, 0.2) is 127 Å². The fourth-order valence-electron chi connectivity index (χ4n) is 5.83. The van der Waals surface area contributed by atoms with Crippen molar-refractivity contribution in [2.45, 2.75) is 51.9 Å². The molecule has 49 heavy (non-hydrogen) atoms. The molecule has 4 aromatic rings.